The number of hydrogen-bond donors (Lipinski definition) is 2. The summed E-state index contributed by atoms with van der Waals surface area (Å²) in [5.74, 6) is -0.283. The molecule has 0 saturated heterocycles. The van der Waals surface area contributed by atoms with E-state index in [9.17, 15) is 4.79 Å². The lowest BCUT2D eigenvalue weighted by molar-refractivity contribution is -0.139. The molecule has 0 amide bonds. The highest BCUT2D eigenvalue weighted by Gasteiger charge is 2.07. The molecular weight excluding hydrogens is 232 g/mol. The van der Waals surface area contributed by atoms with Crippen LogP contribution in [0.5, 0.6) is 0 Å². The van der Waals surface area contributed by atoms with Crippen LogP contribution in [0.15, 0.2) is 12.2 Å². The zero-order chi connectivity index (χ0) is 13.8. The van der Waals surface area contributed by atoms with Gasteiger partial charge in [0.15, 0.2) is 6.29 Å². The SMILES string of the molecule is C=C(CCCCCCC(O)O)C(=O)OCCCC. The second kappa shape index (κ2) is 11.2. The number of carbonyl (C=O) groups is 1. The summed E-state index contributed by atoms with van der Waals surface area (Å²) in [7, 11) is 0. The molecule has 18 heavy (non-hydrogen) atoms. The van der Waals surface area contributed by atoms with Crippen molar-refractivity contribution in [2.24, 2.45) is 0 Å². The molecule has 2 N–H and O–H groups in total. The van der Waals surface area contributed by atoms with Gasteiger partial charge in [0.1, 0.15) is 0 Å². The van der Waals surface area contributed by atoms with E-state index in [0.29, 0.717) is 25.0 Å². The molecule has 0 bridgehead atoms. The molecule has 0 aromatic rings. The summed E-state index contributed by atoms with van der Waals surface area (Å²) in [6.45, 7) is 6.25. The fraction of sp³-hybridized carbons (Fsp3) is 0.786. The van der Waals surface area contributed by atoms with Crippen molar-refractivity contribution in [3.05, 3.63) is 12.2 Å². The molecule has 0 rings (SSSR count). The zero-order valence-corrected chi connectivity index (χ0v) is 11.4. The van der Waals surface area contributed by atoms with Crippen molar-refractivity contribution in [3.63, 3.8) is 0 Å². The van der Waals surface area contributed by atoms with Crippen molar-refractivity contribution in [1.29, 1.82) is 0 Å². The summed E-state index contributed by atoms with van der Waals surface area (Å²) in [5, 5.41) is 17.3. The van der Waals surface area contributed by atoms with Gasteiger partial charge in [-0.25, -0.2) is 4.79 Å². The molecule has 0 saturated carbocycles. The summed E-state index contributed by atoms with van der Waals surface area (Å²) in [5.41, 5.74) is 0.535. The van der Waals surface area contributed by atoms with E-state index in [-0.39, 0.29) is 5.97 Å². The smallest absolute Gasteiger partial charge is 0.333 e. The number of ether oxygens (including phenoxy) is 1. The van der Waals surface area contributed by atoms with Gasteiger partial charge >= 0.3 is 5.97 Å². The topological polar surface area (TPSA) is 66.8 Å². The lowest BCUT2D eigenvalue weighted by Gasteiger charge is -2.07. The average molecular weight is 258 g/mol. The van der Waals surface area contributed by atoms with Crippen LogP contribution in [0.25, 0.3) is 0 Å². The molecule has 0 aliphatic carbocycles. The molecule has 4 nitrogen and oxygen atoms in total. The van der Waals surface area contributed by atoms with E-state index < -0.39 is 6.29 Å². The van der Waals surface area contributed by atoms with Gasteiger partial charge in [-0.15, -0.1) is 0 Å². The Balaban J connectivity index is 3.43. The van der Waals surface area contributed by atoms with Gasteiger partial charge in [-0.2, -0.15) is 0 Å². The third-order valence-corrected chi connectivity index (χ3v) is 2.71. The number of unbranched alkanes of at least 4 members (excludes halogenated alkanes) is 4. The van der Waals surface area contributed by atoms with Crippen molar-refractivity contribution >= 4 is 5.97 Å². The minimum Gasteiger partial charge on any atom is -0.462 e. The fourth-order valence-electron chi connectivity index (χ4n) is 1.53. The number of hydrogen-bond acceptors (Lipinski definition) is 4. The first kappa shape index (κ1) is 17.1. The molecule has 0 unspecified atom stereocenters. The first-order chi connectivity index (χ1) is 8.57. The Hall–Kier alpha value is -0.870. The third-order valence-electron chi connectivity index (χ3n) is 2.71. The van der Waals surface area contributed by atoms with Gasteiger partial charge < -0.3 is 14.9 Å². The van der Waals surface area contributed by atoms with Gasteiger partial charge in [0.25, 0.3) is 0 Å². The maximum atomic E-state index is 11.4. The Morgan fingerprint density at radius 3 is 2.44 bits per heavy atom. The van der Waals surface area contributed by atoms with Gasteiger partial charge in [-0.1, -0.05) is 32.8 Å². The van der Waals surface area contributed by atoms with E-state index in [0.717, 1.165) is 38.5 Å². The van der Waals surface area contributed by atoms with Crippen molar-refractivity contribution < 1.29 is 19.7 Å². The van der Waals surface area contributed by atoms with E-state index in [2.05, 4.69) is 6.58 Å². The summed E-state index contributed by atoms with van der Waals surface area (Å²) < 4.78 is 5.05. The molecule has 4 heteroatoms. The lowest BCUT2D eigenvalue weighted by atomic mass is 10.1. The van der Waals surface area contributed by atoms with Gasteiger partial charge in [0.2, 0.25) is 0 Å². The predicted octanol–water partition coefficient (Wildman–Crippen LogP) is 2.54. The Bertz CT molecular complexity index is 236. The van der Waals surface area contributed by atoms with Gasteiger partial charge in [-0.05, 0) is 32.1 Å². The molecule has 0 atom stereocenters. The van der Waals surface area contributed by atoms with Crippen molar-refractivity contribution in [3.8, 4) is 0 Å². The highest BCUT2D eigenvalue weighted by molar-refractivity contribution is 5.87. The molecular formula is C14H26O4. The Kier molecular flexibility index (Phi) is 10.7. The van der Waals surface area contributed by atoms with Crippen LogP contribution in [0.1, 0.15) is 58.3 Å². The first-order valence-corrected chi connectivity index (χ1v) is 6.79. The first-order valence-electron chi connectivity index (χ1n) is 6.79. The van der Waals surface area contributed by atoms with Crippen LogP contribution in [0, 0.1) is 0 Å². The van der Waals surface area contributed by atoms with Gasteiger partial charge in [-0.3, -0.25) is 0 Å². The number of esters is 1. The number of aliphatic hydroxyl groups excluding tert-OH is 1. The Morgan fingerprint density at radius 1 is 1.17 bits per heavy atom. The van der Waals surface area contributed by atoms with Crippen LogP contribution in [0.2, 0.25) is 0 Å². The Morgan fingerprint density at radius 2 is 1.83 bits per heavy atom. The van der Waals surface area contributed by atoms with Crippen molar-refractivity contribution in [2.75, 3.05) is 6.61 Å². The maximum absolute atomic E-state index is 11.4. The fourth-order valence-corrected chi connectivity index (χ4v) is 1.53. The quantitative estimate of drug-likeness (QED) is 0.259. The van der Waals surface area contributed by atoms with Crippen LogP contribution in [-0.2, 0) is 9.53 Å². The van der Waals surface area contributed by atoms with Gasteiger partial charge in [0, 0.05) is 5.57 Å². The molecule has 0 aliphatic heterocycles. The number of aliphatic hydroxyl groups is 2. The van der Waals surface area contributed by atoms with Crippen LogP contribution in [0.3, 0.4) is 0 Å². The normalized spacial score (nSPS) is 10.7. The molecule has 0 heterocycles. The number of carbonyl (C=O) groups excluding carboxylic acids is 1. The maximum Gasteiger partial charge on any atom is 0.333 e. The van der Waals surface area contributed by atoms with Gasteiger partial charge in [0.05, 0.1) is 6.61 Å². The minimum atomic E-state index is -1.20. The van der Waals surface area contributed by atoms with Crippen LogP contribution < -0.4 is 0 Å². The predicted molar refractivity (Wildman–Crippen MR) is 70.9 cm³/mol. The molecule has 0 aromatic carbocycles. The molecule has 0 spiro atoms. The van der Waals surface area contributed by atoms with Crippen LogP contribution >= 0.6 is 0 Å². The number of rotatable bonds is 11. The van der Waals surface area contributed by atoms with E-state index in [1.807, 2.05) is 6.92 Å². The highest BCUT2D eigenvalue weighted by Crippen LogP contribution is 2.11. The molecule has 0 radical (unpaired) electrons. The second-order valence-electron chi connectivity index (χ2n) is 4.53. The van der Waals surface area contributed by atoms with E-state index >= 15 is 0 Å². The van der Waals surface area contributed by atoms with Crippen molar-refractivity contribution in [2.45, 2.75) is 64.6 Å². The third kappa shape index (κ3) is 10.3. The molecule has 0 aliphatic rings. The Labute approximate surface area is 110 Å². The standard InChI is InChI=1S/C14H26O4/c1-3-4-11-18-14(17)12(2)9-7-5-6-8-10-13(15)16/h13,15-16H,2-11H2,1H3. The van der Waals surface area contributed by atoms with Crippen LogP contribution in [0.4, 0.5) is 0 Å². The molecule has 0 fully saturated rings. The van der Waals surface area contributed by atoms with Crippen LogP contribution in [-0.4, -0.2) is 29.1 Å². The van der Waals surface area contributed by atoms with E-state index in [4.69, 9.17) is 14.9 Å². The summed E-state index contributed by atoms with van der Waals surface area (Å²) in [4.78, 5) is 11.4. The van der Waals surface area contributed by atoms with E-state index in [1.54, 1.807) is 0 Å². The largest absolute Gasteiger partial charge is 0.462 e. The monoisotopic (exact) mass is 258 g/mol. The lowest BCUT2D eigenvalue weighted by Crippen LogP contribution is -2.08. The zero-order valence-electron chi connectivity index (χ0n) is 11.4. The summed E-state index contributed by atoms with van der Waals surface area (Å²) >= 11 is 0. The molecule has 0 aromatic heterocycles. The second-order valence-corrected chi connectivity index (χ2v) is 4.53. The minimum absolute atomic E-state index is 0.283. The highest BCUT2D eigenvalue weighted by atomic mass is 16.5. The van der Waals surface area contributed by atoms with E-state index in [1.165, 1.54) is 0 Å². The van der Waals surface area contributed by atoms with Crippen molar-refractivity contribution in [1.82, 2.24) is 0 Å². The summed E-state index contributed by atoms with van der Waals surface area (Å²) in [6, 6.07) is 0. The average Bonchev–Trinajstić information content (AvgIpc) is 2.33. The summed E-state index contributed by atoms with van der Waals surface area (Å²) in [6.07, 6.45) is 5.37. The molecule has 106 valence electrons.